The van der Waals surface area contributed by atoms with Crippen LogP contribution in [0, 0.1) is 0 Å². The molecule has 0 amide bonds. The van der Waals surface area contributed by atoms with Gasteiger partial charge < -0.3 is 10.4 Å². The molecule has 2 N–H and O–H groups in total. The topological polar surface area (TPSA) is 45.1 Å². The summed E-state index contributed by atoms with van der Waals surface area (Å²) in [5.74, 6) is 0. The fraction of sp³-hybridized carbons (Fsp3) is 0.583. The summed E-state index contributed by atoms with van der Waals surface area (Å²) in [6.45, 7) is 2.08. The van der Waals surface area contributed by atoms with E-state index in [-0.39, 0.29) is 18.2 Å². The van der Waals surface area contributed by atoms with E-state index in [4.69, 9.17) is 11.6 Å². The minimum atomic E-state index is -0.206. The molecule has 0 aromatic carbocycles. The van der Waals surface area contributed by atoms with Gasteiger partial charge in [-0.2, -0.15) is 0 Å². The van der Waals surface area contributed by atoms with Crippen LogP contribution in [0.1, 0.15) is 37.8 Å². The molecule has 1 aromatic heterocycles. The Kier molecular flexibility index (Phi) is 3.79. The largest absolute Gasteiger partial charge is 0.392 e. The molecule has 1 fully saturated rings. The van der Waals surface area contributed by atoms with E-state index >= 15 is 0 Å². The van der Waals surface area contributed by atoms with E-state index in [9.17, 15) is 5.11 Å². The van der Waals surface area contributed by atoms with Gasteiger partial charge in [-0.25, -0.2) is 4.98 Å². The first-order valence-corrected chi connectivity index (χ1v) is 6.10. The summed E-state index contributed by atoms with van der Waals surface area (Å²) in [4.78, 5) is 4.06. The highest BCUT2D eigenvalue weighted by atomic mass is 35.5. The zero-order valence-electron chi connectivity index (χ0n) is 9.36. The Hall–Kier alpha value is -0.640. The van der Waals surface area contributed by atoms with Gasteiger partial charge in [0.25, 0.3) is 0 Å². The zero-order chi connectivity index (χ0) is 11.5. The number of hydrogen-bond donors (Lipinski definition) is 2. The van der Waals surface area contributed by atoms with Crippen LogP contribution in [0.25, 0.3) is 0 Å². The molecule has 16 heavy (non-hydrogen) atoms. The highest BCUT2D eigenvalue weighted by Gasteiger charge is 2.26. The standard InChI is InChI=1S/C12H17ClN2O/c1-8(9-5-6-12(13)14-7-9)15-10-3-2-4-11(10)16/h5-8,10-11,15-16H,2-4H2,1H3. The van der Waals surface area contributed by atoms with Crippen LogP contribution in [0.3, 0.4) is 0 Å². The Bertz CT molecular complexity index is 341. The van der Waals surface area contributed by atoms with Gasteiger partial charge in [0.2, 0.25) is 0 Å². The monoisotopic (exact) mass is 240 g/mol. The van der Waals surface area contributed by atoms with Crippen molar-refractivity contribution in [2.45, 2.75) is 44.4 Å². The lowest BCUT2D eigenvalue weighted by molar-refractivity contribution is 0.144. The Balaban J connectivity index is 1.97. The lowest BCUT2D eigenvalue weighted by Crippen LogP contribution is -2.37. The second-order valence-electron chi connectivity index (χ2n) is 4.41. The SMILES string of the molecule is CC(NC1CCCC1O)c1ccc(Cl)nc1. The minimum Gasteiger partial charge on any atom is -0.392 e. The fourth-order valence-corrected chi connectivity index (χ4v) is 2.31. The summed E-state index contributed by atoms with van der Waals surface area (Å²) in [5.41, 5.74) is 1.10. The second-order valence-corrected chi connectivity index (χ2v) is 4.79. The van der Waals surface area contributed by atoms with Crippen molar-refractivity contribution in [1.29, 1.82) is 0 Å². The average Bonchev–Trinajstić information content (AvgIpc) is 2.65. The van der Waals surface area contributed by atoms with Crippen LogP contribution in [0.2, 0.25) is 5.15 Å². The first kappa shape index (κ1) is 11.8. The number of aliphatic hydroxyl groups is 1. The van der Waals surface area contributed by atoms with Crippen LogP contribution in [-0.2, 0) is 0 Å². The molecule has 1 aromatic rings. The van der Waals surface area contributed by atoms with Gasteiger partial charge in [0.15, 0.2) is 0 Å². The Morgan fingerprint density at radius 2 is 2.31 bits per heavy atom. The third-order valence-electron chi connectivity index (χ3n) is 3.19. The van der Waals surface area contributed by atoms with Crippen LogP contribution >= 0.6 is 11.6 Å². The molecule has 1 aliphatic rings. The number of rotatable bonds is 3. The van der Waals surface area contributed by atoms with Gasteiger partial charge >= 0.3 is 0 Å². The van der Waals surface area contributed by atoms with Gasteiger partial charge in [-0.3, -0.25) is 0 Å². The molecule has 1 aliphatic carbocycles. The van der Waals surface area contributed by atoms with Gasteiger partial charge in [0.05, 0.1) is 6.10 Å². The normalized spacial score (nSPS) is 26.9. The van der Waals surface area contributed by atoms with E-state index < -0.39 is 0 Å². The molecule has 4 heteroatoms. The summed E-state index contributed by atoms with van der Waals surface area (Å²) < 4.78 is 0. The van der Waals surface area contributed by atoms with Crippen molar-refractivity contribution >= 4 is 11.6 Å². The van der Waals surface area contributed by atoms with Gasteiger partial charge in [-0.15, -0.1) is 0 Å². The summed E-state index contributed by atoms with van der Waals surface area (Å²) in [5, 5.41) is 13.7. The van der Waals surface area contributed by atoms with E-state index in [0.29, 0.717) is 5.15 Å². The van der Waals surface area contributed by atoms with Crippen LogP contribution in [-0.4, -0.2) is 22.2 Å². The number of halogens is 1. The lowest BCUT2D eigenvalue weighted by atomic mass is 10.1. The molecule has 0 bridgehead atoms. The van der Waals surface area contributed by atoms with Crippen molar-refractivity contribution in [3.8, 4) is 0 Å². The Morgan fingerprint density at radius 1 is 1.50 bits per heavy atom. The van der Waals surface area contributed by atoms with E-state index in [2.05, 4.69) is 17.2 Å². The number of hydrogen-bond acceptors (Lipinski definition) is 3. The van der Waals surface area contributed by atoms with Gasteiger partial charge in [-0.05, 0) is 37.8 Å². The van der Waals surface area contributed by atoms with Crippen molar-refractivity contribution < 1.29 is 5.11 Å². The maximum atomic E-state index is 9.73. The van der Waals surface area contributed by atoms with Gasteiger partial charge in [-0.1, -0.05) is 17.7 Å². The highest BCUT2D eigenvalue weighted by Crippen LogP contribution is 2.22. The third-order valence-corrected chi connectivity index (χ3v) is 3.42. The van der Waals surface area contributed by atoms with Crippen LogP contribution < -0.4 is 5.32 Å². The fourth-order valence-electron chi connectivity index (χ4n) is 2.20. The molecule has 88 valence electrons. The van der Waals surface area contributed by atoms with Gasteiger partial charge in [0, 0.05) is 18.3 Å². The molecular weight excluding hydrogens is 224 g/mol. The molecule has 3 nitrogen and oxygen atoms in total. The average molecular weight is 241 g/mol. The smallest absolute Gasteiger partial charge is 0.129 e. The van der Waals surface area contributed by atoms with E-state index in [0.717, 1.165) is 24.8 Å². The molecular formula is C12H17ClN2O. The lowest BCUT2D eigenvalue weighted by Gasteiger charge is -2.22. The number of nitrogens with one attached hydrogen (secondary N) is 1. The summed E-state index contributed by atoms with van der Waals surface area (Å²) in [6, 6.07) is 4.17. The number of aliphatic hydroxyl groups excluding tert-OH is 1. The molecule has 1 heterocycles. The molecule has 0 spiro atoms. The zero-order valence-corrected chi connectivity index (χ0v) is 10.1. The summed E-state index contributed by atoms with van der Waals surface area (Å²) in [6.07, 6.45) is 4.63. The molecule has 3 unspecified atom stereocenters. The minimum absolute atomic E-state index is 0.197. The van der Waals surface area contributed by atoms with Crippen molar-refractivity contribution in [2.24, 2.45) is 0 Å². The number of aromatic nitrogens is 1. The van der Waals surface area contributed by atoms with Crippen LogP contribution in [0.5, 0.6) is 0 Å². The van der Waals surface area contributed by atoms with Crippen LogP contribution in [0.15, 0.2) is 18.3 Å². The molecule has 2 rings (SSSR count). The predicted octanol–water partition coefficient (Wildman–Crippen LogP) is 2.30. The summed E-state index contributed by atoms with van der Waals surface area (Å²) in [7, 11) is 0. The van der Waals surface area contributed by atoms with Crippen molar-refractivity contribution in [1.82, 2.24) is 10.3 Å². The Labute approximate surface area is 101 Å². The number of nitrogens with zero attached hydrogens (tertiary/aromatic N) is 1. The second kappa shape index (κ2) is 5.13. The molecule has 1 saturated carbocycles. The molecule has 3 atom stereocenters. The van der Waals surface area contributed by atoms with Crippen molar-refractivity contribution in [3.63, 3.8) is 0 Å². The van der Waals surface area contributed by atoms with Gasteiger partial charge in [0.1, 0.15) is 5.15 Å². The molecule has 0 saturated heterocycles. The first-order chi connectivity index (χ1) is 7.66. The summed E-state index contributed by atoms with van der Waals surface area (Å²) >= 11 is 5.74. The highest BCUT2D eigenvalue weighted by molar-refractivity contribution is 6.29. The quantitative estimate of drug-likeness (QED) is 0.797. The number of pyridine rings is 1. The predicted molar refractivity (Wildman–Crippen MR) is 64.4 cm³/mol. The Morgan fingerprint density at radius 3 is 2.88 bits per heavy atom. The maximum absolute atomic E-state index is 9.73. The van der Waals surface area contributed by atoms with Crippen molar-refractivity contribution in [3.05, 3.63) is 29.0 Å². The van der Waals surface area contributed by atoms with E-state index in [1.165, 1.54) is 0 Å². The van der Waals surface area contributed by atoms with Crippen LogP contribution in [0.4, 0.5) is 0 Å². The van der Waals surface area contributed by atoms with E-state index in [1.54, 1.807) is 12.3 Å². The first-order valence-electron chi connectivity index (χ1n) is 5.72. The van der Waals surface area contributed by atoms with Crippen molar-refractivity contribution in [2.75, 3.05) is 0 Å². The van der Waals surface area contributed by atoms with E-state index in [1.807, 2.05) is 6.07 Å². The molecule has 0 aliphatic heterocycles. The molecule has 0 radical (unpaired) electrons. The third kappa shape index (κ3) is 2.73. The maximum Gasteiger partial charge on any atom is 0.129 e.